The number of nitrogens with two attached hydrogens (primary N) is 1. The molecule has 0 aliphatic carbocycles. The SMILES string of the molecule is Cc1ccc(CN2CCc3cccc(N)c3C2)c(C)c1. The number of fused-ring (bicyclic) bond motifs is 1. The first kappa shape index (κ1) is 13.2. The van der Waals surface area contributed by atoms with Crippen molar-refractivity contribution in [1.82, 2.24) is 4.90 Å². The maximum Gasteiger partial charge on any atom is 0.0362 e. The van der Waals surface area contributed by atoms with Gasteiger partial charge < -0.3 is 5.73 Å². The average molecular weight is 266 g/mol. The van der Waals surface area contributed by atoms with Crippen LogP contribution in [0.25, 0.3) is 0 Å². The van der Waals surface area contributed by atoms with Crippen LogP contribution in [-0.2, 0) is 19.5 Å². The minimum atomic E-state index is 0.938. The minimum Gasteiger partial charge on any atom is -0.398 e. The molecule has 2 N–H and O–H groups in total. The molecule has 0 bridgehead atoms. The zero-order valence-corrected chi connectivity index (χ0v) is 12.3. The summed E-state index contributed by atoms with van der Waals surface area (Å²) in [7, 11) is 0. The van der Waals surface area contributed by atoms with Gasteiger partial charge in [-0.3, -0.25) is 4.90 Å². The standard InChI is InChI=1S/C18H22N2/c1-13-6-7-16(14(2)10-13)11-20-9-8-15-4-3-5-18(19)17(15)12-20/h3-7,10H,8-9,11-12,19H2,1-2H3. The van der Waals surface area contributed by atoms with Gasteiger partial charge in [-0.15, -0.1) is 0 Å². The third-order valence-corrected chi connectivity index (χ3v) is 4.28. The van der Waals surface area contributed by atoms with E-state index in [-0.39, 0.29) is 0 Å². The number of benzene rings is 2. The van der Waals surface area contributed by atoms with Crippen LogP contribution in [-0.4, -0.2) is 11.4 Å². The minimum absolute atomic E-state index is 0.938. The molecule has 2 nitrogen and oxygen atoms in total. The Balaban J connectivity index is 1.79. The fourth-order valence-corrected chi connectivity index (χ4v) is 3.06. The molecule has 1 heterocycles. The van der Waals surface area contributed by atoms with Crippen LogP contribution in [0.15, 0.2) is 36.4 Å². The van der Waals surface area contributed by atoms with Crippen molar-refractivity contribution in [2.45, 2.75) is 33.4 Å². The largest absolute Gasteiger partial charge is 0.398 e. The number of aryl methyl sites for hydroxylation is 2. The van der Waals surface area contributed by atoms with Gasteiger partial charge in [0.25, 0.3) is 0 Å². The van der Waals surface area contributed by atoms with Gasteiger partial charge in [0.05, 0.1) is 0 Å². The van der Waals surface area contributed by atoms with Crippen LogP contribution < -0.4 is 5.73 Å². The van der Waals surface area contributed by atoms with Crippen molar-refractivity contribution in [2.24, 2.45) is 0 Å². The first-order valence-electron chi connectivity index (χ1n) is 7.28. The Labute approximate surface area is 121 Å². The van der Waals surface area contributed by atoms with Gasteiger partial charge in [0, 0.05) is 25.3 Å². The Morgan fingerprint density at radius 1 is 1.15 bits per heavy atom. The molecule has 0 fully saturated rings. The molecule has 0 unspecified atom stereocenters. The summed E-state index contributed by atoms with van der Waals surface area (Å²) < 4.78 is 0. The predicted molar refractivity (Wildman–Crippen MR) is 84.6 cm³/mol. The number of rotatable bonds is 2. The Morgan fingerprint density at radius 2 is 2.00 bits per heavy atom. The third kappa shape index (κ3) is 2.56. The lowest BCUT2D eigenvalue weighted by molar-refractivity contribution is 0.245. The summed E-state index contributed by atoms with van der Waals surface area (Å²) in [6.45, 7) is 7.45. The van der Waals surface area contributed by atoms with Gasteiger partial charge in [0.1, 0.15) is 0 Å². The van der Waals surface area contributed by atoms with Gasteiger partial charge in [0.15, 0.2) is 0 Å². The smallest absolute Gasteiger partial charge is 0.0362 e. The van der Waals surface area contributed by atoms with Crippen LogP contribution in [0, 0.1) is 13.8 Å². The van der Waals surface area contributed by atoms with E-state index in [1.807, 2.05) is 6.07 Å². The van der Waals surface area contributed by atoms with Gasteiger partial charge in [0.2, 0.25) is 0 Å². The molecule has 0 aromatic heterocycles. The summed E-state index contributed by atoms with van der Waals surface area (Å²) in [5.41, 5.74) is 13.9. The van der Waals surface area contributed by atoms with E-state index in [9.17, 15) is 0 Å². The molecule has 0 saturated carbocycles. The lowest BCUT2D eigenvalue weighted by atomic mass is 9.97. The summed E-state index contributed by atoms with van der Waals surface area (Å²) in [5.74, 6) is 0. The topological polar surface area (TPSA) is 29.3 Å². The molecular formula is C18H22N2. The molecule has 2 aromatic carbocycles. The first-order valence-corrected chi connectivity index (χ1v) is 7.28. The molecule has 104 valence electrons. The molecule has 0 amide bonds. The van der Waals surface area contributed by atoms with Crippen LogP contribution in [0.1, 0.15) is 27.8 Å². The van der Waals surface area contributed by atoms with Gasteiger partial charge >= 0.3 is 0 Å². The van der Waals surface area contributed by atoms with E-state index >= 15 is 0 Å². The van der Waals surface area contributed by atoms with Crippen molar-refractivity contribution < 1.29 is 0 Å². The number of nitrogens with zero attached hydrogens (tertiary/aromatic N) is 1. The summed E-state index contributed by atoms with van der Waals surface area (Å²) in [6, 6.07) is 13.0. The van der Waals surface area contributed by atoms with Gasteiger partial charge in [-0.1, -0.05) is 35.9 Å². The number of hydrogen-bond donors (Lipinski definition) is 1. The van der Waals surface area contributed by atoms with E-state index in [0.29, 0.717) is 0 Å². The van der Waals surface area contributed by atoms with Crippen molar-refractivity contribution in [3.8, 4) is 0 Å². The summed E-state index contributed by atoms with van der Waals surface area (Å²) in [6.07, 6.45) is 1.10. The van der Waals surface area contributed by atoms with Crippen LogP contribution in [0.2, 0.25) is 0 Å². The summed E-state index contributed by atoms with van der Waals surface area (Å²) >= 11 is 0. The maximum absolute atomic E-state index is 6.12. The molecule has 0 saturated heterocycles. The van der Waals surface area contributed by atoms with Crippen molar-refractivity contribution in [3.05, 3.63) is 64.2 Å². The first-order chi connectivity index (χ1) is 9.63. The van der Waals surface area contributed by atoms with Crippen LogP contribution in [0.5, 0.6) is 0 Å². The van der Waals surface area contributed by atoms with Crippen LogP contribution in [0.4, 0.5) is 5.69 Å². The summed E-state index contributed by atoms with van der Waals surface area (Å²) in [5, 5.41) is 0. The van der Waals surface area contributed by atoms with Gasteiger partial charge in [-0.2, -0.15) is 0 Å². The van der Waals surface area contributed by atoms with E-state index in [1.165, 1.54) is 27.8 Å². The zero-order valence-electron chi connectivity index (χ0n) is 12.3. The Morgan fingerprint density at radius 3 is 2.80 bits per heavy atom. The molecule has 2 aromatic rings. The second-order valence-corrected chi connectivity index (χ2v) is 5.88. The molecule has 1 aliphatic heterocycles. The molecule has 3 rings (SSSR count). The number of nitrogen functional groups attached to an aromatic ring is 1. The van der Waals surface area contributed by atoms with Crippen molar-refractivity contribution in [1.29, 1.82) is 0 Å². The number of anilines is 1. The fraction of sp³-hybridized carbons (Fsp3) is 0.333. The van der Waals surface area contributed by atoms with Crippen LogP contribution >= 0.6 is 0 Å². The Bertz CT molecular complexity index is 631. The van der Waals surface area contributed by atoms with E-state index in [0.717, 1.165) is 31.7 Å². The van der Waals surface area contributed by atoms with Crippen LogP contribution in [0.3, 0.4) is 0 Å². The zero-order chi connectivity index (χ0) is 14.1. The Kier molecular flexibility index (Phi) is 3.49. The normalized spacial score (nSPS) is 15.1. The summed E-state index contributed by atoms with van der Waals surface area (Å²) in [4.78, 5) is 2.50. The molecule has 0 radical (unpaired) electrons. The highest BCUT2D eigenvalue weighted by molar-refractivity contribution is 5.51. The predicted octanol–water partition coefficient (Wildman–Crippen LogP) is 3.44. The van der Waals surface area contributed by atoms with Crippen molar-refractivity contribution in [3.63, 3.8) is 0 Å². The third-order valence-electron chi connectivity index (χ3n) is 4.28. The van der Waals surface area contributed by atoms with Gasteiger partial charge in [-0.05, 0) is 48.6 Å². The molecule has 0 spiro atoms. The second-order valence-electron chi connectivity index (χ2n) is 5.88. The van der Waals surface area contributed by atoms with E-state index in [1.54, 1.807) is 0 Å². The quantitative estimate of drug-likeness (QED) is 0.844. The monoisotopic (exact) mass is 266 g/mol. The average Bonchev–Trinajstić information content (AvgIpc) is 2.43. The molecule has 1 aliphatic rings. The van der Waals surface area contributed by atoms with E-state index < -0.39 is 0 Å². The van der Waals surface area contributed by atoms with Crippen molar-refractivity contribution in [2.75, 3.05) is 12.3 Å². The lowest BCUT2D eigenvalue weighted by Crippen LogP contribution is -2.30. The molecule has 0 atom stereocenters. The highest BCUT2D eigenvalue weighted by Crippen LogP contribution is 2.25. The van der Waals surface area contributed by atoms with Gasteiger partial charge in [-0.25, -0.2) is 0 Å². The Hall–Kier alpha value is -1.80. The molecular weight excluding hydrogens is 244 g/mol. The molecule has 2 heteroatoms. The highest BCUT2D eigenvalue weighted by atomic mass is 15.1. The highest BCUT2D eigenvalue weighted by Gasteiger charge is 2.18. The molecule has 20 heavy (non-hydrogen) atoms. The second kappa shape index (κ2) is 5.29. The number of hydrogen-bond acceptors (Lipinski definition) is 2. The van der Waals surface area contributed by atoms with E-state index in [2.05, 4.69) is 49.1 Å². The lowest BCUT2D eigenvalue weighted by Gasteiger charge is -2.30. The maximum atomic E-state index is 6.12. The van der Waals surface area contributed by atoms with E-state index in [4.69, 9.17) is 5.73 Å². The van der Waals surface area contributed by atoms with Crippen molar-refractivity contribution >= 4 is 5.69 Å². The fourth-order valence-electron chi connectivity index (χ4n) is 3.06.